The zero-order valence-electron chi connectivity index (χ0n) is 12.5. The Balaban J connectivity index is 1.67. The van der Waals surface area contributed by atoms with Gasteiger partial charge in [0, 0.05) is 6.42 Å². The predicted molar refractivity (Wildman–Crippen MR) is 77.3 cm³/mol. The van der Waals surface area contributed by atoms with Crippen LogP contribution in [0.5, 0.6) is 5.75 Å². The first kappa shape index (κ1) is 15.7. The van der Waals surface area contributed by atoms with E-state index in [4.69, 9.17) is 14.2 Å². The summed E-state index contributed by atoms with van der Waals surface area (Å²) in [4.78, 5) is 0. The third-order valence-electron chi connectivity index (χ3n) is 4.47. The Morgan fingerprint density at radius 2 is 2.00 bits per heavy atom. The van der Waals surface area contributed by atoms with Gasteiger partial charge in [0.15, 0.2) is 5.79 Å². The number of methoxy groups -OCH3 is 1. The second-order valence-electron chi connectivity index (χ2n) is 5.95. The van der Waals surface area contributed by atoms with Crippen molar-refractivity contribution < 1.29 is 29.5 Å². The summed E-state index contributed by atoms with van der Waals surface area (Å²) in [6.45, 7) is 0.228. The summed E-state index contributed by atoms with van der Waals surface area (Å²) >= 11 is 0. The van der Waals surface area contributed by atoms with Crippen molar-refractivity contribution in [2.24, 2.45) is 0 Å². The molecule has 2 bridgehead atoms. The lowest BCUT2D eigenvalue weighted by atomic mass is 9.83. The van der Waals surface area contributed by atoms with E-state index in [2.05, 4.69) is 0 Å². The molecule has 6 heteroatoms. The number of benzene rings is 1. The highest BCUT2D eigenvalue weighted by molar-refractivity contribution is 5.26. The Morgan fingerprint density at radius 3 is 2.68 bits per heavy atom. The molecule has 0 saturated carbocycles. The summed E-state index contributed by atoms with van der Waals surface area (Å²) in [5, 5.41) is 30.9. The molecule has 22 heavy (non-hydrogen) atoms. The van der Waals surface area contributed by atoms with Gasteiger partial charge in [-0.3, -0.25) is 0 Å². The number of hydrogen-bond donors (Lipinski definition) is 3. The Hall–Kier alpha value is -1.18. The molecule has 122 valence electrons. The number of rotatable bonds is 4. The average Bonchev–Trinajstić information content (AvgIpc) is 2.54. The van der Waals surface area contributed by atoms with Gasteiger partial charge in [0.2, 0.25) is 0 Å². The summed E-state index contributed by atoms with van der Waals surface area (Å²) in [7, 11) is 1.60. The Bertz CT molecular complexity index is 504. The molecule has 2 saturated heterocycles. The summed E-state index contributed by atoms with van der Waals surface area (Å²) < 4.78 is 16.2. The van der Waals surface area contributed by atoms with Crippen molar-refractivity contribution in [2.75, 3.05) is 7.11 Å². The van der Waals surface area contributed by atoms with Crippen LogP contribution in [-0.2, 0) is 16.1 Å². The summed E-state index contributed by atoms with van der Waals surface area (Å²) in [6, 6.07) is 7.34. The van der Waals surface area contributed by atoms with E-state index in [1.165, 1.54) is 0 Å². The van der Waals surface area contributed by atoms with Crippen LogP contribution in [0, 0.1) is 0 Å². The minimum atomic E-state index is -1.62. The van der Waals surface area contributed by atoms with Crippen molar-refractivity contribution in [3.63, 3.8) is 0 Å². The van der Waals surface area contributed by atoms with E-state index in [0.29, 0.717) is 19.3 Å². The fourth-order valence-electron chi connectivity index (χ4n) is 3.15. The normalized spacial score (nSPS) is 37.8. The van der Waals surface area contributed by atoms with Crippen LogP contribution in [0.1, 0.15) is 24.8 Å². The zero-order chi connectivity index (χ0) is 15.7. The van der Waals surface area contributed by atoms with Crippen molar-refractivity contribution in [3.8, 4) is 5.75 Å². The molecule has 0 aliphatic carbocycles. The molecule has 2 aliphatic heterocycles. The topological polar surface area (TPSA) is 88.4 Å². The summed E-state index contributed by atoms with van der Waals surface area (Å²) in [5.41, 5.74) is 0.892. The van der Waals surface area contributed by atoms with Gasteiger partial charge in [0.25, 0.3) is 0 Å². The van der Waals surface area contributed by atoms with Crippen LogP contribution in [0.15, 0.2) is 24.3 Å². The molecule has 2 heterocycles. The van der Waals surface area contributed by atoms with Crippen LogP contribution in [-0.4, -0.2) is 52.6 Å². The van der Waals surface area contributed by atoms with Gasteiger partial charge in [-0.25, -0.2) is 0 Å². The SMILES string of the molecule is COc1ccc(CO[C@@H]2[C@@H](O)[C@@H]3CCC[C@@](O)(O3)[C@@H]2O)cc1. The molecule has 3 N–H and O–H groups in total. The summed E-state index contributed by atoms with van der Waals surface area (Å²) in [5.74, 6) is -0.870. The van der Waals surface area contributed by atoms with Crippen molar-refractivity contribution in [1.29, 1.82) is 0 Å². The lowest BCUT2D eigenvalue weighted by Gasteiger charge is -2.50. The van der Waals surface area contributed by atoms with Crippen molar-refractivity contribution in [1.82, 2.24) is 0 Å². The van der Waals surface area contributed by atoms with Gasteiger partial charge in [0.05, 0.1) is 19.8 Å². The Kier molecular flexibility index (Phi) is 4.38. The molecule has 0 aromatic heterocycles. The predicted octanol–water partition coefficient (Wildman–Crippen LogP) is 0.573. The molecule has 0 radical (unpaired) electrons. The van der Waals surface area contributed by atoms with Gasteiger partial charge in [-0.05, 0) is 30.5 Å². The second-order valence-corrected chi connectivity index (χ2v) is 5.95. The van der Waals surface area contributed by atoms with E-state index in [9.17, 15) is 15.3 Å². The zero-order valence-corrected chi connectivity index (χ0v) is 12.5. The van der Waals surface area contributed by atoms with Gasteiger partial charge in [0.1, 0.15) is 24.1 Å². The molecule has 6 nitrogen and oxygen atoms in total. The van der Waals surface area contributed by atoms with Gasteiger partial charge in [-0.2, -0.15) is 0 Å². The lowest BCUT2D eigenvalue weighted by Crippen LogP contribution is -2.66. The first-order valence-electron chi connectivity index (χ1n) is 7.54. The molecule has 2 aliphatic rings. The monoisotopic (exact) mass is 310 g/mol. The number of hydrogen-bond acceptors (Lipinski definition) is 6. The van der Waals surface area contributed by atoms with Crippen LogP contribution in [0.2, 0.25) is 0 Å². The van der Waals surface area contributed by atoms with E-state index >= 15 is 0 Å². The maximum atomic E-state index is 10.3. The quantitative estimate of drug-likeness (QED) is 0.754. The molecule has 1 aromatic carbocycles. The third kappa shape index (κ3) is 2.85. The minimum Gasteiger partial charge on any atom is -0.497 e. The highest BCUT2D eigenvalue weighted by Crippen LogP contribution is 2.39. The highest BCUT2D eigenvalue weighted by Gasteiger charge is 2.55. The molecule has 1 aromatic rings. The molecule has 0 amide bonds. The maximum absolute atomic E-state index is 10.3. The van der Waals surface area contributed by atoms with E-state index in [0.717, 1.165) is 11.3 Å². The Morgan fingerprint density at radius 1 is 1.27 bits per heavy atom. The maximum Gasteiger partial charge on any atom is 0.195 e. The van der Waals surface area contributed by atoms with Crippen molar-refractivity contribution in [3.05, 3.63) is 29.8 Å². The van der Waals surface area contributed by atoms with Crippen LogP contribution in [0.25, 0.3) is 0 Å². The number of aliphatic hydroxyl groups excluding tert-OH is 2. The molecular formula is C16H22O6. The average molecular weight is 310 g/mol. The van der Waals surface area contributed by atoms with Crippen LogP contribution >= 0.6 is 0 Å². The third-order valence-corrected chi connectivity index (χ3v) is 4.47. The molecular weight excluding hydrogens is 288 g/mol. The van der Waals surface area contributed by atoms with Crippen LogP contribution in [0.4, 0.5) is 0 Å². The summed E-state index contributed by atoms with van der Waals surface area (Å²) in [6.07, 6.45) is -1.88. The smallest absolute Gasteiger partial charge is 0.195 e. The van der Waals surface area contributed by atoms with Gasteiger partial charge < -0.3 is 29.5 Å². The first-order chi connectivity index (χ1) is 10.5. The van der Waals surface area contributed by atoms with E-state index in [1.54, 1.807) is 7.11 Å². The van der Waals surface area contributed by atoms with Gasteiger partial charge in [-0.15, -0.1) is 0 Å². The molecule has 0 spiro atoms. The second kappa shape index (κ2) is 6.14. The van der Waals surface area contributed by atoms with Gasteiger partial charge >= 0.3 is 0 Å². The number of ether oxygens (including phenoxy) is 3. The molecule has 0 unspecified atom stereocenters. The molecule has 5 atom stereocenters. The van der Waals surface area contributed by atoms with Gasteiger partial charge in [-0.1, -0.05) is 12.1 Å². The fraction of sp³-hybridized carbons (Fsp3) is 0.625. The van der Waals surface area contributed by atoms with E-state index in [-0.39, 0.29) is 6.61 Å². The number of fused-ring (bicyclic) bond motifs is 2. The van der Waals surface area contributed by atoms with Crippen molar-refractivity contribution in [2.45, 2.75) is 56.1 Å². The van der Waals surface area contributed by atoms with Crippen LogP contribution in [0.3, 0.4) is 0 Å². The van der Waals surface area contributed by atoms with E-state index in [1.807, 2.05) is 24.3 Å². The number of aliphatic hydroxyl groups is 3. The standard InChI is InChI=1S/C16H22O6/c1-20-11-6-4-10(5-7-11)9-21-14-13(17)12-3-2-8-16(19,22-12)15(14)18/h4-7,12-15,17-19H,2-3,8-9H2,1H3/t12-,13-,14+,15+,16+/m0/s1. The van der Waals surface area contributed by atoms with Crippen molar-refractivity contribution >= 4 is 0 Å². The fourth-order valence-corrected chi connectivity index (χ4v) is 3.15. The van der Waals surface area contributed by atoms with Crippen LogP contribution < -0.4 is 4.74 Å². The highest BCUT2D eigenvalue weighted by atomic mass is 16.7. The molecule has 2 fully saturated rings. The largest absolute Gasteiger partial charge is 0.497 e. The first-order valence-corrected chi connectivity index (χ1v) is 7.54. The molecule has 3 rings (SSSR count). The lowest BCUT2D eigenvalue weighted by molar-refractivity contribution is -0.367. The van der Waals surface area contributed by atoms with E-state index < -0.39 is 30.2 Å². The minimum absolute atomic E-state index is 0.228. The Labute approximate surface area is 129 Å².